The van der Waals surface area contributed by atoms with Crippen molar-refractivity contribution in [3.63, 3.8) is 0 Å². The molecule has 1 aromatic carbocycles. The van der Waals surface area contributed by atoms with Crippen molar-refractivity contribution in [2.45, 2.75) is 38.8 Å². The van der Waals surface area contributed by atoms with Crippen molar-refractivity contribution in [2.75, 3.05) is 26.2 Å². The van der Waals surface area contributed by atoms with Gasteiger partial charge < -0.3 is 10.0 Å². The number of para-hydroxylation sites is 1. The normalized spacial score (nSPS) is 20.9. The number of aromatic hydroxyl groups is 1. The Balaban J connectivity index is 1.34. The third-order valence-corrected chi connectivity index (χ3v) is 5.58. The van der Waals surface area contributed by atoms with Crippen molar-refractivity contribution in [1.29, 1.82) is 0 Å². The summed E-state index contributed by atoms with van der Waals surface area (Å²) in [6.45, 7) is 5.20. The number of rotatable bonds is 5. The number of hydrogen-bond donors (Lipinski definition) is 1. The van der Waals surface area contributed by atoms with Gasteiger partial charge in [-0.05, 0) is 44.2 Å². The number of phenolic OH excluding ortho intramolecular Hbond substituents is 1. The maximum absolute atomic E-state index is 12.4. The maximum Gasteiger partial charge on any atom is 0.276 e. The van der Waals surface area contributed by atoms with E-state index in [1.807, 2.05) is 27.8 Å². The Bertz CT molecular complexity index is 784. The minimum absolute atomic E-state index is 0.00331. The molecule has 2 aliphatic heterocycles. The van der Waals surface area contributed by atoms with Crippen molar-refractivity contribution in [3.8, 4) is 5.75 Å². The molecule has 4 rings (SSSR count). The molecule has 0 bridgehead atoms. The summed E-state index contributed by atoms with van der Waals surface area (Å²) in [4.78, 5) is 16.7. The number of nitrogens with zero attached hydrogens (tertiary/aromatic N) is 5. The van der Waals surface area contributed by atoms with Crippen molar-refractivity contribution < 1.29 is 9.90 Å². The number of benzene rings is 1. The van der Waals surface area contributed by atoms with E-state index in [0.29, 0.717) is 17.4 Å². The molecule has 27 heavy (non-hydrogen) atoms. The third-order valence-electron chi connectivity index (χ3n) is 5.58. The Morgan fingerprint density at radius 2 is 1.96 bits per heavy atom. The molecule has 2 fully saturated rings. The summed E-state index contributed by atoms with van der Waals surface area (Å²) >= 11 is 0. The zero-order chi connectivity index (χ0) is 18.6. The van der Waals surface area contributed by atoms with Crippen LogP contribution in [0.15, 0.2) is 30.5 Å². The lowest BCUT2D eigenvalue weighted by molar-refractivity contribution is 0.0787. The highest BCUT2D eigenvalue weighted by atomic mass is 16.3. The summed E-state index contributed by atoms with van der Waals surface area (Å²) in [5.74, 6) is 0.839. The van der Waals surface area contributed by atoms with E-state index < -0.39 is 0 Å². The molecule has 2 saturated heterocycles. The Morgan fingerprint density at radius 1 is 1.15 bits per heavy atom. The first-order chi connectivity index (χ1) is 13.2. The molecule has 2 aromatic rings. The molecule has 0 unspecified atom stereocenters. The lowest BCUT2D eigenvalue weighted by Crippen LogP contribution is -2.36. The van der Waals surface area contributed by atoms with E-state index in [9.17, 15) is 9.90 Å². The Morgan fingerprint density at radius 3 is 2.78 bits per heavy atom. The lowest BCUT2D eigenvalue weighted by atomic mass is 9.97. The monoisotopic (exact) mass is 369 g/mol. The number of carbonyl (C=O) groups excluding carboxylic acids is 1. The van der Waals surface area contributed by atoms with Crippen LogP contribution < -0.4 is 0 Å². The van der Waals surface area contributed by atoms with Gasteiger partial charge >= 0.3 is 0 Å². The molecule has 0 aliphatic carbocycles. The van der Waals surface area contributed by atoms with E-state index in [0.717, 1.165) is 70.5 Å². The average Bonchev–Trinajstić information content (AvgIpc) is 3.36. The van der Waals surface area contributed by atoms with Gasteiger partial charge in [-0.15, -0.1) is 5.10 Å². The summed E-state index contributed by atoms with van der Waals surface area (Å²) in [6.07, 6.45) is 6.23. The van der Waals surface area contributed by atoms with Crippen molar-refractivity contribution >= 4 is 5.91 Å². The van der Waals surface area contributed by atoms with Gasteiger partial charge in [-0.1, -0.05) is 23.4 Å². The largest absolute Gasteiger partial charge is 0.508 e. The molecular formula is C20H27N5O2. The van der Waals surface area contributed by atoms with E-state index in [2.05, 4.69) is 15.2 Å². The van der Waals surface area contributed by atoms with Crippen molar-refractivity contribution in [2.24, 2.45) is 5.92 Å². The second kappa shape index (κ2) is 8.08. The van der Waals surface area contributed by atoms with Gasteiger partial charge in [0.05, 0.1) is 6.20 Å². The topological polar surface area (TPSA) is 74.5 Å². The number of carbonyl (C=O) groups is 1. The summed E-state index contributed by atoms with van der Waals surface area (Å²) in [6, 6.07) is 7.53. The molecule has 1 atom stereocenters. The number of likely N-dealkylation sites (tertiary alicyclic amines) is 2. The van der Waals surface area contributed by atoms with E-state index >= 15 is 0 Å². The average molecular weight is 369 g/mol. The van der Waals surface area contributed by atoms with E-state index in [-0.39, 0.29) is 5.91 Å². The molecule has 0 spiro atoms. The van der Waals surface area contributed by atoms with Crippen LogP contribution in [0.1, 0.15) is 41.7 Å². The summed E-state index contributed by atoms with van der Waals surface area (Å²) < 4.78 is 1.82. The molecule has 7 nitrogen and oxygen atoms in total. The number of piperidine rings is 1. The predicted molar refractivity (Wildman–Crippen MR) is 101 cm³/mol. The molecule has 7 heteroatoms. The molecule has 1 amide bonds. The minimum atomic E-state index is 0.00331. The summed E-state index contributed by atoms with van der Waals surface area (Å²) in [7, 11) is 0. The Hall–Kier alpha value is -2.41. The van der Waals surface area contributed by atoms with Crippen LogP contribution in [0.4, 0.5) is 0 Å². The predicted octanol–water partition coefficient (Wildman–Crippen LogP) is 2.13. The Kier molecular flexibility index (Phi) is 5.38. The van der Waals surface area contributed by atoms with Crippen LogP contribution in [0.2, 0.25) is 0 Å². The van der Waals surface area contributed by atoms with Gasteiger partial charge in [-0.25, -0.2) is 0 Å². The van der Waals surface area contributed by atoms with Gasteiger partial charge in [0.25, 0.3) is 5.91 Å². The van der Waals surface area contributed by atoms with E-state index in [1.165, 1.54) is 0 Å². The summed E-state index contributed by atoms with van der Waals surface area (Å²) in [5, 5.41) is 18.3. The second-order valence-electron chi connectivity index (χ2n) is 7.70. The van der Waals surface area contributed by atoms with Crippen LogP contribution in [0.25, 0.3) is 0 Å². The van der Waals surface area contributed by atoms with Crippen LogP contribution in [-0.4, -0.2) is 62.0 Å². The van der Waals surface area contributed by atoms with Crippen molar-refractivity contribution in [1.82, 2.24) is 24.8 Å². The van der Waals surface area contributed by atoms with E-state index in [1.54, 1.807) is 12.3 Å². The van der Waals surface area contributed by atoms with Gasteiger partial charge in [0.15, 0.2) is 5.69 Å². The molecule has 0 saturated carbocycles. The van der Waals surface area contributed by atoms with Crippen LogP contribution in [0, 0.1) is 5.92 Å². The first-order valence-electron chi connectivity index (χ1n) is 9.87. The third kappa shape index (κ3) is 4.30. The first kappa shape index (κ1) is 18.0. The molecule has 1 N–H and O–H groups in total. The highest BCUT2D eigenvalue weighted by Crippen LogP contribution is 2.23. The van der Waals surface area contributed by atoms with Crippen molar-refractivity contribution in [3.05, 3.63) is 41.7 Å². The fourth-order valence-corrected chi connectivity index (χ4v) is 4.16. The van der Waals surface area contributed by atoms with Crippen LogP contribution in [0.3, 0.4) is 0 Å². The van der Waals surface area contributed by atoms with Gasteiger partial charge in [0.2, 0.25) is 0 Å². The second-order valence-corrected chi connectivity index (χ2v) is 7.70. The smallest absolute Gasteiger partial charge is 0.276 e. The Labute approximate surface area is 159 Å². The zero-order valence-corrected chi connectivity index (χ0v) is 15.6. The first-order valence-corrected chi connectivity index (χ1v) is 9.87. The fraction of sp³-hybridized carbons (Fsp3) is 0.550. The molecular weight excluding hydrogens is 342 g/mol. The minimum Gasteiger partial charge on any atom is -0.508 e. The maximum atomic E-state index is 12.4. The highest BCUT2D eigenvalue weighted by molar-refractivity contribution is 5.92. The fourth-order valence-electron chi connectivity index (χ4n) is 4.16. The highest BCUT2D eigenvalue weighted by Gasteiger charge is 2.24. The van der Waals surface area contributed by atoms with Crippen LogP contribution in [-0.2, 0) is 13.1 Å². The quantitative estimate of drug-likeness (QED) is 0.874. The lowest BCUT2D eigenvalue weighted by Gasteiger charge is -2.32. The van der Waals surface area contributed by atoms with Gasteiger partial charge in [0, 0.05) is 38.3 Å². The summed E-state index contributed by atoms with van der Waals surface area (Å²) in [5.41, 5.74) is 1.43. The van der Waals surface area contributed by atoms with E-state index in [4.69, 9.17) is 0 Å². The number of aromatic nitrogens is 3. The molecule has 1 aromatic heterocycles. The number of hydrogen-bond acceptors (Lipinski definition) is 5. The number of phenols is 1. The van der Waals surface area contributed by atoms with Gasteiger partial charge in [0.1, 0.15) is 5.75 Å². The standard InChI is InChI=1S/C20H27N5O2/c26-19-8-2-1-7-17(19)14-23-9-5-6-16(12-23)13-25-15-18(21-22-25)20(27)24-10-3-4-11-24/h1-2,7-8,15-16,26H,3-6,9-14H2/t16-/m0/s1. The molecule has 3 heterocycles. The molecule has 0 radical (unpaired) electrons. The molecule has 144 valence electrons. The van der Waals surface area contributed by atoms with Crippen LogP contribution >= 0.6 is 0 Å². The van der Waals surface area contributed by atoms with Crippen LogP contribution in [0.5, 0.6) is 5.75 Å². The van der Waals surface area contributed by atoms with Gasteiger partial charge in [-0.3, -0.25) is 14.4 Å². The SMILES string of the molecule is O=C(c1cn(C[C@H]2CCCN(Cc3ccccc3O)C2)nn1)N1CCCC1. The van der Waals surface area contributed by atoms with Gasteiger partial charge in [-0.2, -0.15) is 0 Å². The number of amides is 1. The molecule has 2 aliphatic rings. The zero-order valence-electron chi connectivity index (χ0n) is 15.6.